The molecule has 0 amide bonds. The van der Waals surface area contributed by atoms with Crippen LogP contribution < -0.4 is 5.32 Å². The van der Waals surface area contributed by atoms with Gasteiger partial charge in [0.1, 0.15) is 5.76 Å². The molecule has 1 aromatic carbocycles. The molecule has 32 heavy (non-hydrogen) atoms. The highest BCUT2D eigenvalue weighted by Gasteiger charge is 2.35. The zero-order valence-corrected chi connectivity index (χ0v) is 20.5. The van der Waals surface area contributed by atoms with E-state index in [1.165, 1.54) is 22.9 Å². The van der Waals surface area contributed by atoms with Crippen LogP contribution in [0.3, 0.4) is 0 Å². The van der Waals surface area contributed by atoms with Gasteiger partial charge in [0.05, 0.1) is 6.04 Å². The minimum Gasteiger partial charge on any atom is -0.510 e. The van der Waals surface area contributed by atoms with E-state index in [0.717, 1.165) is 48.9 Å². The fraction of sp³-hybridized carbons (Fsp3) is 0.414. The van der Waals surface area contributed by atoms with Crippen molar-refractivity contribution in [3.8, 4) is 0 Å². The number of aliphatic hydroxyl groups excluding tert-OH is 1. The summed E-state index contributed by atoms with van der Waals surface area (Å²) < 4.78 is 0. The largest absolute Gasteiger partial charge is 0.510 e. The van der Waals surface area contributed by atoms with Gasteiger partial charge in [-0.1, -0.05) is 95.3 Å². The van der Waals surface area contributed by atoms with Gasteiger partial charge in [-0.3, -0.25) is 0 Å². The molecular formula is C29H40N2O. The molecule has 3 heteroatoms. The van der Waals surface area contributed by atoms with Crippen molar-refractivity contribution in [1.29, 1.82) is 5.41 Å². The van der Waals surface area contributed by atoms with E-state index in [2.05, 4.69) is 82.1 Å². The van der Waals surface area contributed by atoms with E-state index in [-0.39, 0.29) is 11.5 Å². The van der Waals surface area contributed by atoms with Gasteiger partial charge in [-0.05, 0) is 60.1 Å². The first kappa shape index (κ1) is 25.6. The molecular weight excluding hydrogens is 392 g/mol. The maximum absolute atomic E-state index is 9.95. The standard InChI is InChI=1S/C29H40N2O/c1-7-13-24(23-14-11-10-12-15-23)19-25(8-2)29(5,6)21(4)18-22(20-30)16-17-26-27(28(26)32)31-9-3/h10-15,18-20,27,30-32H,4,7-9,16-17H2,1-3,5-6H3/b22-18+,24-13+,25-19+,30-20?. The molecule has 0 aromatic heterocycles. The molecule has 3 nitrogen and oxygen atoms in total. The van der Waals surface area contributed by atoms with Crippen molar-refractivity contribution >= 4 is 11.8 Å². The van der Waals surface area contributed by atoms with E-state index < -0.39 is 0 Å². The average Bonchev–Trinajstić information content (AvgIpc) is 3.41. The summed E-state index contributed by atoms with van der Waals surface area (Å²) >= 11 is 0. The Morgan fingerprint density at radius 2 is 1.84 bits per heavy atom. The molecule has 0 radical (unpaired) electrons. The summed E-state index contributed by atoms with van der Waals surface area (Å²) in [6, 6.07) is 10.6. The second-order valence-electron chi connectivity index (χ2n) is 8.87. The van der Waals surface area contributed by atoms with Crippen LogP contribution in [0.25, 0.3) is 5.57 Å². The van der Waals surface area contributed by atoms with Crippen LogP contribution in [0, 0.1) is 10.8 Å². The summed E-state index contributed by atoms with van der Waals surface area (Å²) in [4.78, 5) is 0. The summed E-state index contributed by atoms with van der Waals surface area (Å²) in [6.07, 6.45) is 11.5. The van der Waals surface area contributed by atoms with Gasteiger partial charge in [0.15, 0.2) is 0 Å². The molecule has 1 unspecified atom stereocenters. The Morgan fingerprint density at radius 3 is 2.41 bits per heavy atom. The Labute approximate surface area is 194 Å². The molecule has 0 heterocycles. The van der Waals surface area contributed by atoms with Gasteiger partial charge in [-0.15, -0.1) is 0 Å². The normalized spacial score (nSPS) is 17.5. The molecule has 2 rings (SSSR count). The van der Waals surface area contributed by atoms with E-state index in [1.54, 1.807) is 0 Å². The summed E-state index contributed by atoms with van der Waals surface area (Å²) in [5.41, 5.74) is 6.58. The molecule has 1 atom stereocenters. The summed E-state index contributed by atoms with van der Waals surface area (Å²) in [6.45, 7) is 16.1. The van der Waals surface area contributed by atoms with Gasteiger partial charge >= 0.3 is 0 Å². The topological polar surface area (TPSA) is 56.1 Å². The van der Waals surface area contributed by atoms with Crippen LogP contribution in [0.2, 0.25) is 0 Å². The zero-order valence-electron chi connectivity index (χ0n) is 20.5. The number of allylic oxidation sites excluding steroid dienone is 7. The van der Waals surface area contributed by atoms with E-state index in [4.69, 9.17) is 5.41 Å². The number of aliphatic hydroxyl groups is 1. The number of hydrogen-bond acceptors (Lipinski definition) is 3. The zero-order chi connectivity index (χ0) is 23.7. The maximum Gasteiger partial charge on any atom is 0.115 e. The smallest absolute Gasteiger partial charge is 0.115 e. The highest BCUT2D eigenvalue weighted by molar-refractivity contribution is 5.77. The predicted octanol–water partition coefficient (Wildman–Crippen LogP) is 7.56. The van der Waals surface area contributed by atoms with E-state index >= 15 is 0 Å². The van der Waals surface area contributed by atoms with Crippen LogP contribution in [-0.4, -0.2) is 23.9 Å². The highest BCUT2D eigenvalue weighted by Crippen LogP contribution is 2.39. The Hall–Kier alpha value is -2.65. The molecule has 172 valence electrons. The average molecular weight is 433 g/mol. The summed E-state index contributed by atoms with van der Waals surface area (Å²) in [5, 5.41) is 21.1. The van der Waals surface area contributed by atoms with Crippen molar-refractivity contribution in [3.05, 3.63) is 88.8 Å². The Kier molecular flexibility index (Phi) is 9.46. The molecule has 0 bridgehead atoms. The van der Waals surface area contributed by atoms with Crippen molar-refractivity contribution in [3.63, 3.8) is 0 Å². The molecule has 0 aliphatic heterocycles. The van der Waals surface area contributed by atoms with Crippen LogP contribution in [0.1, 0.15) is 65.9 Å². The quantitative estimate of drug-likeness (QED) is 0.222. The highest BCUT2D eigenvalue weighted by atomic mass is 16.3. The van der Waals surface area contributed by atoms with Gasteiger partial charge < -0.3 is 15.8 Å². The van der Waals surface area contributed by atoms with E-state index in [1.807, 2.05) is 13.0 Å². The third-order valence-corrected chi connectivity index (χ3v) is 6.35. The molecule has 1 aliphatic carbocycles. The lowest BCUT2D eigenvalue weighted by Crippen LogP contribution is -2.19. The second-order valence-corrected chi connectivity index (χ2v) is 8.87. The number of benzene rings is 1. The van der Waals surface area contributed by atoms with Crippen molar-refractivity contribution in [1.82, 2.24) is 5.32 Å². The van der Waals surface area contributed by atoms with Gasteiger partial charge in [0.2, 0.25) is 0 Å². The van der Waals surface area contributed by atoms with Gasteiger partial charge in [0.25, 0.3) is 0 Å². The number of nitrogens with one attached hydrogen (secondary N) is 2. The molecule has 0 saturated carbocycles. The summed E-state index contributed by atoms with van der Waals surface area (Å²) in [5.74, 6) is 0.475. The van der Waals surface area contributed by atoms with Crippen LogP contribution in [0.5, 0.6) is 0 Å². The fourth-order valence-electron chi connectivity index (χ4n) is 4.05. The monoisotopic (exact) mass is 432 g/mol. The van der Waals surface area contributed by atoms with Gasteiger partial charge in [-0.2, -0.15) is 0 Å². The number of hydrogen-bond donors (Lipinski definition) is 3. The Morgan fingerprint density at radius 1 is 1.16 bits per heavy atom. The maximum atomic E-state index is 9.95. The molecule has 0 fully saturated rings. The molecule has 0 saturated heterocycles. The summed E-state index contributed by atoms with van der Waals surface area (Å²) in [7, 11) is 0. The lowest BCUT2D eigenvalue weighted by molar-refractivity contribution is 0.413. The van der Waals surface area contributed by atoms with Crippen LogP contribution in [0.15, 0.2) is 83.2 Å². The van der Waals surface area contributed by atoms with Crippen LogP contribution >= 0.6 is 0 Å². The van der Waals surface area contributed by atoms with Gasteiger partial charge in [0, 0.05) is 11.6 Å². The third kappa shape index (κ3) is 6.43. The predicted molar refractivity (Wildman–Crippen MR) is 139 cm³/mol. The number of rotatable bonds is 13. The Balaban J connectivity index is 2.20. The SMILES string of the molecule is C=C(/C=C(/C=N)CCC1=C(O)C1NCC)C(C)(C)/C(=C/C(=C\CC)c1ccccc1)CC. The minimum atomic E-state index is -0.224. The van der Waals surface area contributed by atoms with Crippen molar-refractivity contribution < 1.29 is 5.11 Å². The van der Waals surface area contributed by atoms with Crippen molar-refractivity contribution in [2.75, 3.05) is 6.54 Å². The fourth-order valence-corrected chi connectivity index (χ4v) is 4.05. The minimum absolute atomic E-state index is 0.0445. The van der Waals surface area contributed by atoms with Crippen molar-refractivity contribution in [2.45, 2.75) is 66.3 Å². The van der Waals surface area contributed by atoms with E-state index in [0.29, 0.717) is 5.76 Å². The van der Waals surface area contributed by atoms with Crippen LogP contribution in [0.4, 0.5) is 0 Å². The molecule has 3 N–H and O–H groups in total. The lowest BCUT2D eigenvalue weighted by Gasteiger charge is -2.30. The molecule has 1 aromatic rings. The van der Waals surface area contributed by atoms with Crippen LogP contribution in [-0.2, 0) is 0 Å². The van der Waals surface area contributed by atoms with Crippen molar-refractivity contribution in [2.24, 2.45) is 5.41 Å². The first-order valence-corrected chi connectivity index (χ1v) is 11.8. The van der Waals surface area contributed by atoms with E-state index in [9.17, 15) is 5.11 Å². The second kappa shape index (κ2) is 11.8. The first-order valence-electron chi connectivity index (χ1n) is 11.8. The van der Waals surface area contributed by atoms with Gasteiger partial charge in [-0.25, -0.2) is 0 Å². The molecule has 1 aliphatic rings. The number of likely N-dealkylation sites (N-methyl/N-ethyl adjacent to an activating group) is 1. The lowest BCUT2D eigenvalue weighted by atomic mass is 9.75. The third-order valence-electron chi connectivity index (χ3n) is 6.35. The Bertz CT molecular complexity index is 929. The first-order chi connectivity index (χ1) is 15.3. The molecule has 0 spiro atoms.